The summed E-state index contributed by atoms with van der Waals surface area (Å²) in [5.74, 6) is 0.464. The number of rotatable bonds is 5. The first-order valence-electron chi connectivity index (χ1n) is 7.19. The molecule has 1 aliphatic carbocycles. The maximum Gasteiger partial charge on any atom is 0.0580 e. The Hall–Kier alpha value is -1.06. The molecule has 0 aromatic heterocycles. The van der Waals surface area contributed by atoms with Crippen LogP contribution >= 0.6 is 0 Å². The highest BCUT2D eigenvalue weighted by atomic mass is 16.3. The van der Waals surface area contributed by atoms with Crippen molar-refractivity contribution < 1.29 is 5.11 Å². The normalized spacial score (nSPS) is 23.0. The molecule has 1 aromatic carbocycles. The molecular weight excluding hydrogens is 236 g/mol. The quantitative estimate of drug-likeness (QED) is 0.882. The molecule has 0 saturated heterocycles. The lowest BCUT2D eigenvalue weighted by Crippen LogP contribution is -2.29. The highest BCUT2D eigenvalue weighted by Gasteiger charge is 2.25. The largest absolute Gasteiger partial charge is 0.393 e. The molecule has 1 N–H and O–H groups in total. The van der Waals surface area contributed by atoms with Gasteiger partial charge in [-0.25, -0.2) is 0 Å². The summed E-state index contributed by atoms with van der Waals surface area (Å²) in [6, 6.07) is 8.70. The zero-order chi connectivity index (χ0) is 13.8. The fourth-order valence-electron chi connectivity index (χ4n) is 2.91. The maximum absolute atomic E-state index is 9.87. The third-order valence-corrected chi connectivity index (χ3v) is 4.07. The van der Waals surface area contributed by atoms with E-state index < -0.39 is 0 Å². The number of hydrogen-bond acceptors (Lipinski definition) is 3. The Kier molecular flexibility index (Phi) is 4.83. The smallest absolute Gasteiger partial charge is 0.0580 e. The van der Waals surface area contributed by atoms with Crippen molar-refractivity contribution in [3.05, 3.63) is 29.8 Å². The average Bonchev–Trinajstić information content (AvgIpc) is 2.75. The number of aliphatic hydroxyl groups is 1. The van der Waals surface area contributed by atoms with Gasteiger partial charge in [-0.3, -0.25) is 0 Å². The van der Waals surface area contributed by atoms with Crippen molar-refractivity contribution in [2.45, 2.75) is 31.9 Å². The highest BCUT2D eigenvalue weighted by Crippen LogP contribution is 2.26. The third-order valence-electron chi connectivity index (χ3n) is 4.07. The van der Waals surface area contributed by atoms with Gasteiger partial charge in [-0.2, -0.15) is 0 Å². The molecule has 0 amide bonds. The van der Waals surface area contributed by atoms with Crippen molar-refractivity contribution in [3.8, 4) is 0 Å². The maximum atomic E-state index is 9.87. The Morgan fingerprint density at radius 3 is 2.32 bits per heavy atom. The second-order valence-electron chi connectivity index (χ2n) is 6.02. The van der Waals surface area contributed by atoms with Crippen LogP contribution in [0.3, 0.4) is 0 Å². The van der Waals surface area contributed by atoms with E-state index in [-0.39, 0.29) is 6.10 Å². The van der Waals surface area contributed by atoms with Crippen LogP contribution in [0.4, 0.5) is 5.69 Å². The summed E-state index contributed by atoms with van der Waals surface area (Å²) in [7, 11) is 6.26. The van der Waals surface area contributed by atoms with Gasteiger partial charge in [0, 0.05) is 32.9 Å². The van der Waals surface area contributed by atoms with E-state index in [0.29, 0.717) is 5.92 Å². The lowest BCUT2D eigenvalue weighted by Gasteiger charge is -2.23. The van der Waals surface area contributed by atoms with Gasteiger partial charge in [0.25, 0.3) is 0 Å². The molecule has 106 valence electrons. The van der Waals surface area contributed by atoms with E-state index in [0.717, 1.165) is 19.5 Å². The molecule has 1 saturated carbocycles. The van der Waals surface area contributed by atoms with Crippen molar-refractivity contribution in [2.24, 2.45) is 5.92 Å². The Morgan fingerprint density at radius 2 is 1.79 bits per heavy atom. The fourth-order valence-corrected chi connectivity index (χ4v) is 2.91. The van der Waals surface area contributed by atoms with Gasteiger partial charge in [-0.15, -0.1) is 0 Å². The Labute approximate surface area is 116 Å². The SMILES string of the molecule is CN(Cc1ccc(N(C)C)cc1)CC1CCCC1O. The molecule has 3 nitrogen and oxygen atoms in total. The fraction of sp³-hybridized carbons (Fsp3) is 0.625. The molecule has 1 aromatic rings. The second-order valence-corrected chi connectivity index (χ2v) is 6.02. The van der Waals surface area contributed by atoms with Crippen LogP contribution in [-0.2, 0) is 6.54 Å². The Morgan fingerprint density at radius 1 is 1.11 bits per heavy atom. The summed E-state index contributed by atoms with van der Waals surface area (Å²) >= 11 is 0. The molecule has 0 radical (unpaired) electrons. The first-order chi connectivity index (χ1) is 9.06. The topological polar surface area (TPSA) is 26.7 Å². The van der Waals surface area contributed by atoms with E-state index in [9.17, 15) is 5.11 Å². The van der Waals surface area contributed by atoms with Gasteiger partial charge in [0.2, 0.25) is 0 Å². The van der Waals surface area contributed by atoms with Crippen LogP contribution in [0, 0.1) is 5.92 Å². The first kappa shape index (κ1) is 14.4. The number of aliphatic hydroxyl groups excluding tert-OH is 1. The van der Waals surface area contributed by atoms with Crippen molar-refractivity contribution >= 4 is 5.69 Å². The molecule has 2 unspecified atom stereocenters. The van der Waals surface area contributed by atoms with Crippen LogP contribution in [-0.4, -0.2) is 43.8 Å². The van der Waals surface area contributed by atoms with Gasteiger partial charge in [-0.05, 0) is 43.5 Å². The summed E-state index contributed by atoms with van der Waals surface area (Å²) < 4.78 is 0. The zero-order valence-corrected chi connectivity index (χ0v) is 12.3. The van der Waals surface area contributed by atoms with E-state index >= 15 is 0 Å². The third kappa shape index (κ3) is 3.95. The summed E-state index contributed by atoms with van der Waals surface area (Å²) in [5, 5.41) is 9.87. The average molecular weight is 262 g/mol. The number of nitrogens with zero attached hydrogens (tertiary/aromatic N) is 2. The minimum Gasteiger partial charge on any atom is -0.393 e. The molecule has 2 atom stereocenters. The van der Waals surface area contributed by atoms with Gasteiger partial charge < -0.3 is 14.9 Å². The number of hydrogen-bond donors (Lipinski definition) is 1. The Bertz CT molecular complexity index is 388. The monoisotopic (exact) mass is 262 g/mol. The van der Waals surface area contributed by atoms with Crippen LogP contribution in [0.2, 0.25) is 0 Å². The zero-order valence-electron chi connectivity index (χ0n) is 12.3. The Balaban J connectivity index is 1.86. The molecule has 3 heteroatoms. The summed E-state index contributed by atoms with van der Waals surface area (Å²) in [4.78, 5) is 4.44. The van der Waals surface area contributed by atoms with Gasteiger partial charge in [-0.1, -0.05) is 18.6 Å². The van der Waals surface area contributed by atoms with E-state index in [1.165, 1.54) is 24.1 Å². The second kappa shape index (κ2) is 6.40. The van der Waals surface area contributed by atoms with Gasteiger partial charge in [0.15, 0.2) is 0 Å². The van der Waals surface area contributed by atoms with E-state index in [4.69, 9.17) is 0 Å². The minimum atomic E-state index is -0.0847. The molecule has 0 aliphatic heterocycles. The number of anilines is 1. The van der Waals surface area contributed by atoms with E-state index in [1.807, 2.05) is 0 Å². The summed E-state index contributed by atoms with van der Waals surface area (Å²) in [6.07, 6.45) is 3.25. The molecule has 0 heterocycles. The minimum absolute atomic E-state index is 0.0847. The van der Waals surface area contributed by atoms with Crippen molar-refractivity contribution in [1.82, 2.24) is 4.90 Å². The van der Waals surface area contributed by atoms with E-state index in [2.05, 4.69) is 55.2 Å². The molecule has 0 spiro atoms. The van der Waals surface area contributed by atoms with Gasteiger partial charge in [0.1, 0.15) is 0 Å². The van der Waals surface area contributed by atoms with Gasteiger partial charge >= 0.3 is 0 Å². The standard InChI is InChI=1S/C16H26N2O/c1-17(2)15-9-7-13(8-10-15)11-18(3)12-14-5-4-6-16(14)19/h7-10,14,16,19H,4-6,11-12H2,1-3H3. The molecule has 19 heavy (non-hydrogen) atoms. The van der Waals surface area contributed by atoms with Crippen LogP contribution in [0.1, 0.15) is 24.8 Å². The van der Waals surface area contributed by atoms with Crippen LogP contribution in [0.5, 0.6) is 0 Å². The van der Waals surface area contributed by atoms with Crippen molar-refractivity contribution in [2.75, 3.05) is 32.6 Å². The predicted molar refractivity (Wildman–Crippen MR) is 80.5 cm³/mol. The van der Waals surface area contributed by atoms with Gasteiger partial charge in [0.05, 0.1) is 6.10 Å². The first-order valence-corrected chi connectivity index (χ1v) is 7.19. The van der Waals surface area contributed by atoms with Crippen molar-refractivity contribution in [3.63, 3.8) is 0 Å². The molecule has 1 fully saturated rings. The molecule has 0 bridgehead atoms. The lowest BCUT2D eigenvalue weighted by molar-refractivity contribution is 0.108. The molecule has 1 aliphatic rings. The highest BCUT2D eigenvalue weighted by molar-refractivity contribution is 5.45. The van der Waals surface area contributed by atoms with Crippen molar-refractivity contribution in [1.29, 1.82) is 0 Å². The van der Waals surface area contributed by atoms with Crippen LogP contribution in [0.15, 0.2) is 24.3 Å². The molecule has 2 rings (SSSR count). The van der Waals surface area contributed by atoms with E-state index in [1.54, 1.807) is 0 Å². The summed E-state index contributed by atoms with van der Waals surface area (Å²) in [6.45, 7) is 1.95. The predicted octanol–water partition coefficient (Wildman–Crippen LogP) is 2.35. The molecular formula is C16H26N2O. The number of benzene rings is 1. The lowest BCUT2D eigenvalue weighted by atomic mass is 10.1. The van der Waals surface area contributed by atoms with Crippen LogP contribution < -0.4 is 4.90 Å². The summed E-state index contributed by atoms with van der Waals surface area (Å²) in [5.41, 5.74) is 2.57. The van der Waals surface area contributed by atoms with Crippen LogP contribution in [0.25, 0.3) is 0 Å².